The molecular formula is C21H24F2N6O. The third-order valence-corrected chi connectivity index (χ3v) is 5.37. The molecule has 1 aliphatic rings. The quantitative estimate of drug-likeness (QED) is 0.592. The summed E-state index contributed by atoms with van der Waals surface area (Å²) in [6.45, 7) is 4.11. The molecule has 1 atom stereocenters. The molecule has 0 saturated carbocycles. The number of hydrogen-bond acceptors (Lipinski definition) is 6. The van der Waals surface area contributed by atoms with Gasteiger partial charge in [-0.3, -0.25) is 4.90 Å². The van der Waals surface area contributed by atoms with Crippen molar-refractivity contribution in [3.8, 4) is 0 Å². The molecule has 0 spiro atoms. The summed E-state index contributed by atoms with van der Waals surface area (Å²) < 4.78 is 33.7. The van der Waals surface area contributed by atoms with Crippen LogP contribution in [0, 0.1) is 11.6 Å². The van der Waals surface area contributed by atoms with Crippen LogP contribution in [0.2, 0.25) is 0 Å². The number of benzene rings is 2. The molecule has 7 nitrogen and oxygen atoms in total. The Morgan fingerprint density at radius 1 is 0.933 bits per heavy atom. The molecule has 0 amide bonds. The topological polar surface area (TPSA) is 59.3 Å². The van der Waals surface area contributed by atoms with Crippen molar-refractivity contribution in [2.45, 2.75) is 12.6 Å². The summed E-state index contributed by atoms with van der Waals surface area (Å²) in [7, 11) is 1.64. The van der Waals surface area contributed by atoms with E-state index in [0.717, 1.165) is 37.4 Å². The third kappa shape index (κ3) is 4.47. The first-order valence-electron chi connectivity index (χ1n) is 9.91. The van der Waals surface area contributed by atoms with Gasteiger partial charge in [-0.05, 0) is 52.4 Å². The van der Waals surface area contributed by atoms with Gasteiger partial charge < -0.3 is 9.64 Å². The molecule has 1 aromatic heterocycles. The summed E-state index contributed by atoms with van der Waals surface area (Å²) in [6.07, 6.45) is 0. The largest absolute Gasteiger partial charge is 0.383 e. The highest BCUT2D eigenvalue weighted by Gasteiger charge is 2.30. The lowest BCUT2D eigenvalue weighted by Crippen LogP contribution is -2.48. The Hall–Kier alpha value is -2.91. The molecule has 30 heavy (non-hydrogen) atoms. The van der Waals surface area contributed by atoms with E-state index in [1.807, 2.05) is 0 Å². The van der Waals surface area contributed by atoms with Crippen LogP contribution in [-0.2, 0) is 11.3 Å². The molecule has 0 aliphatic carbocycles. The first-order valence-corrected chi connectivity index (χ1v) is 9.91. The minimum atomic E-state index is -0.280. The van der Waals surface area contributed by atoms with Crippen molar-refractivity contribution >= 4 is 5.69 Å². The zero-order valence-corrected chi connectivity index (χ0v) is 16.8. The maximum atomic E-state index is 13.5. The predicted octanol–water partition coefficient (Wildman–Crippen LogP) is 2.51. The Bertz CT molecular complexity index is 939. The van der Waals surface area contributed by atoms with Crippen molar-refractivity contribution < 1.29 is 13.5 Å². The van der Waals surface area contributed by atoms with E-state index in [1.165, 1.54) is 24.3 Å². The van der Waals surface area contributed by atoms with Crippen LogP contribution in [0.5, 0.6) is 0 Å². The SMILES string of the molecule is COCCn1nnnc1[C@H](c1ccc(F)cc1)N1CCN(c2ccc(F)cc2)CC1. The molecule has 0 radical (unpaired) electrons. The average molecular weight is 414 g/mol. The van der Waals surface area contributed by atoms with Crippen molar-refractivity contribution in [3.63, 3.8) is 0 Å². The summed E-state index contributed by atoms with van der Waals surface area (Å²) >= 11 is 0. The first kappa shape index (κ1) is 20.4. The van der Waals surface area contributed by atoms with Crippen molar-refractivity contribution in [2.75, 3.05) is 44.8 Å². The second-order valence-electron chi connectivity index (χ2n) is 7.21. The van der Waals surface area contributed by atoms with Gasteiger partial charge in [-0.15, -0.1) is 5.10 Å². The number of nitrogens with zero attached hydrogens (tertiary/aromatic N) is 6. The maximum Gasteiger partial charge on any atom is 0.173 e. The molecule has 0 N–H and O–H groups in total. The zero-order valence-electron chi connectivity index (χ0n) is 16.8. The molecule has 3 aromatic rings. The molecular weight excluding hydrogens is 390 g/mol. The molecule has 9 heteroatoms. The molecule has 0 bridgehead atoms. The normalized spacial score (nSPS) is 16.0. The van der Waals surface area contributed by atoms with Crippen LogP contribution in [0.3, 0.4) is 0 Å². The van der Waals surface area contributed by atoms with Gasteiger partial charge >= 0.3 is 0 Å². The fraction of sp³-hybridized carbons (Fsp3) is 0.381. The second kappa shape index (κ2) is 9.27. The lowest BCUT2D eigenvalue weighted by molar-refractivity contribution is 0.171. The number of piperazine rings is 1. The van der Waals surface area contributed by atoms with Crippen LogP contribution in [0.25, 0.3) is 0 Å². The molecule has 1 saturated heterocycles. The number of methoxy groups -OCH3 is 1. The van der Waals surface area contributed by atoms with Crippen molar-refractivity contribution in [1.29, 1.82) is 0 Å². The monoisotopic (exact) mass is 414 g/mol. The van der Waals surface area contributed by atoms with Gasteiger partial charge in [-0.2, -0.15) is 0 Å². The fourth-order valence-electron chi connectivity index (χ4n) is 3.80. The average Bonchev–Trinajstić information content (AvgIpc) is 3.23. The number of aromatic nitrogens is 4. The van der Waals surface area contributed by atoms with E-state index in [2.05, 4.69) is 25.3 Å². The van der Waals surface area contributed by atoms with E-state index >= 15 is 0 Å². The van der Waals surface area contributed by atoms with Gasteiger partial charge in [0.15, 0.2) is 5.82 Å². The summed E-state index contributed by atoms with van der Waals surface area (Å²) in [5.41, 5.74) is 1.93. The van der Waals surface area contributed by atoms with E-state index < -0.39 is 0 Å². The summed E-state index contributed by atoms with van der Waals surface area (Å²) in [5, 5.41) is 12.3. The minimum absolute atomic E-state index is 0.201. The Morgan fingerprint density at radius 2 is 1.57 bits per heavy atom. The fourth-order valence-corrected chi connectivity index (χ4v) is 3.80. The highest BCUT2D eigenvalue weighted by Crippen LogP contribution is 2.29. The Labute approximate surface area is 173 Å². The minimum Gasteiger partial charge on any atom is -0.383 e. The number of tetrazole rings is 1. The lowest BCUT2D eigenvalue weighted by Gasteiger charge is -2.39. The highest BCUT2D eigenvalue weighted by atomic mass is 19.1. The highest BCUT2D eigenvalue weighted by molar-refractivity contribution is 5.46. The van der Waals surface area contributed by atoms with E-state index in [0.29, 0.717) is 19.0 Å². The van der Waals surface area contributed by atoms with Crippen LogP contribution in [0.1, 0.15) is 17.4 Å². The molecule has 1 fully saturated rings. The number of rotatable bonds is 7. The summed E-state index contributed by atoms with van der Waals surface area (Å²) in [5.74, 6) is 0.183. The van der Waals surface area contributed by atoms with Crippen LogP contribution >= 0.6 is 0 Å². The molecule has 4 rings (SSSR count). The predicted molar refractivity (Wildman–Crippen MR) is 108 cm³/mol. The van der Waals surface area contributed by atoms with Crippen LogP contribution in [0.15, 0.2) is 48.5 Å². The van der Waals surface area contributed by atoms with Crippen LogP contribution < -0.4 is 4.90 Å². The van der Waals surface area contributed by atoms with Gasteiger partial charge in [-0.1, -0.05) is 12.1 Å². The Kier molecular flexibility index (Phi) is 6.29. The van der Waals surface area contributed by atoms with Crippen molar-refractivity contribution in [2.24, 2.45) is 0 Å². The number of halogens is 2. The van der Waals surface area contributed by atoms with Gasteiger partial charge in [0.2, 0.25) is 0 Å². The smallest absolute Gasteiger partial charge is 0.173 e. The maximum absolute atomic E-state index is 13.5. The van der Waals surface area contributed by atoms with E-state index in [-0.39, 0.29) is 17.7 Å². The van der Waals surface area contributed by atoms with Gasteiger partial charge in [-0.25, -0.2) is 13.5 Å². The lowest BCUT2D eigenvalue weighted by atomic mass is 10.0. The number of hydrogen-bond donors (Lipinski definition) is 0. The Morgan fingerprint density at radius 3 is 2.20 bits per heavy atom. The number of ether oxygens (including phenoxy) is 1. The van der Waals surface area contributed by atoms with Gasteiger partial charge in [0.1, 0.15) is 11.6 Å². The molecule has 2 heterocycles. The molecule has 1 aliphatic heterocycles. The van der Waals surface area contributed by atoms with E-state index in [1.54, 1.807) is 36.1 Å². The Balaban J connectivity index is 1.57. The van der Waals surface area contributed by atoms with Gasteiger partial charge in [0, 0.05) is 39.0 Å². The molecule has 0 unspecified atom stereocenters. The second-order valence-corrected chi connectivity index (χ2v) is 7.21. The first-order chi connectivity index (χ1) is 14.7. The third-order valence-electron chi connectivity index (χ3n) is 5.37. The van der Waals surface area contributed by atoms with E-state index in [4.69, 9.17) is 4.74 Å². The molecule has 2 aromatic carbocycles. The molecule has 158 valence electrons. The summed E-state index contributed by atoms with van der Waals surface area (Å²) in [4.78, 5) is 4.52. The van der Waals surface area contributed by atoms with Crippen molar-refractivity contribution in [3.05, 3.63) is 71.6 Å². The van der Waals surface area contributed by atoms with Crippen LogP contribution in [-0.4, -0.2) is 65.0 Å². The van der Waals surface area contributed by atoms with Gasteiger partial charge in [0.05, 0.1) is 19.2 Å². The van der Waals surface area contributed by atoms with Crippen molar-refractivity contribution in [1.82, 2.24) is 25.1 Å². The number of anilines is 1. The summed E-state index contributed by atoms with van der Waals surface area (Å²) in [6, 6.07) is 12.8. The zero-order chi connectivity index (χ0) is 20.9. The van der Waals surface area contributed by atoms with E-state index in [9.17, 15) is 8.78 Å². The van der Waals surface area contributed by atoms with Gasteiger partial charge in [0.25, 0.3) is 0 Å². The standard InChI is InChI=1S/C21H24F2N6O/c1-30-15-14-29-21(24-25-26-29)20(16-2-4-17(22)5-3-16)28-12-10-27(11-13-28)19-8-6-18(23)7-9-19/h2-9,20H,10-15H2,1H3/t20-/m0/s1. The van der Waals surface area contributed by atoms with Crippen LogP contribution in [0.4, 0.5) is 14.5 Å².